The number of aromatic nitrogens is 2. The Morgan fingerprint density at radius 3 is 2.67 bits per heavy atom. The summed E-state index contributed by atoms with van der Waals surface area (Å²) in [6, 6.07) is 7.87. The molecule has 2 aromatic rings. The topological polar surface area (TPSA) is 30.2 Å². The van der Waals surface area contributed by atoms with Gasteiger partial charge in [0.05, 0.1) is 5.69 Å². The summed E-state index contributed by atoms with van der Waals surface area (Å²) < 4.78 is 2.93. The van der Waals surface area contributed by atoms with Crippen LogP contribution in [0.2, 0.25) is 0 Å². The molecule has 1 heterocycles. The molecule has 1 aromatic heterocycles. The van der Waals surface area contributed by atoms with Crippen molar-refractivity contribution in [1.82, 2.24) is 9.55 Å². The molecule has 0 unspecified atom stereocenters. The minimum atomic E-state index is 0.898. The van der Waals surface area contributed by atoms with Crippen molar-refractivity contribution in [3.63, 3.8) is 0 Å². The van der Waals surface area contributed by atoms with Gasteiger partial charge in [0.1, 0.15) is 12.2 Å². The van der Waals surface area contributed by atoms with Crippen LogP contribution in [-0.4, -0.2) is 15.4 Å². The molecule has 0 amide bonds. The first-order chi connectivity index (χ1) is 7.25. The lowest BCUT2D eigenvalue weighted by molar-refractivity contribution is 1.11. The summed E-state index contributed by atoms with van der Waals surface area (Å²) in [5, 5.41) is 0. The van der Waals surface area contributed by atoms with Crippen LogP contribution < -0.4 is 0 Å². The van der Waals surface area contributed by atoms with E-state index in [2.05, 4.69) is 25.9 Å². The molecule has 0 aliphatic rings. The van der Waals surface area contributed by atoms with Gasteiger partial charge in [-0.25, -0.2) is 9.98 Å². The molecule has 0 aliphatic carbocycles. The molecular weight excluding hydrogens is 254 g/mol. The lowest BCUT2D eigenvalue weighted by Gasteiger charge is -2.00. The summed E-state index contributed by atoms with van der Waals surface area (Å²) in [4.78, 5) is 8.44. The van der Waals surface area contributed by atoms with Crippen LogP contribution in [0.25, 0.3) is 0 Å². The maximum atomic E-state index is 4.46. The first kappa shape index (κ1) is 10.1. The number of benzene rings is 1. The van der Waals surface area contributed by atoms with Gasteiger partial charge in [-0.2, -0.15) is 0 Å². The standard InChI is InChI=1S/C11H10BrN3/c1-9(15-7-6-13-8-15)14-11-4-2-10(12)3-5-11/h2-8H,1H3. The first-order valence-corrected chi connectivity index (χ1v) is 5.34. The van der Waals surface area contributed by atoms with E-state index >= 15 is 0 Å². The summed E-state index contributed by atoms with van der Waals surface area (Å²) in [6.45, 7) is 1.95. The third kappa shape index (κ3) is 2.53. The van der Waals surface area contributed by atoms with Crippen LogP contribution in [-0.2, 0) is 0 Å². The molecule has 0 saturated carbocycles. The van der Waals surface area contributed by atoms with E-state index in [-0.39, 0.29) is 0 Å². The minimum absolute atomic E-state index is 0.898. The summed E-state index contributed by atoms with van der Waals surface area (Å²) in [7, 11) is 0. The Balaban J connectivity index is 2.27. The van der Waals surface area contributed by atoms with E-state index in [4.69, 9.17) is 0 Å². The Morgan fingerprint density at radius 2 is 2.07 bits per heavy atom. The van der Waals surface area contributed by atoms with Crippen molar-refractivity contribution in [3.05, 3.63) is 47.5 Å². The van der Waals surface area contributed by atoms with Crippen LogP contribution in [0, 0.1) is 0 Å². The molecule has 76 valence electrons. The van der Waals surface area contributed by atoms with Gasteiger partial charge in [-0.3, -0.25) is 4.57 Å². The molecule has 0 fully saturated rings. The van der Waals surface area contributed by atoms with E-state index < -0.39 is 0 Å². The first-order valence-electron chi connectivity index (χ1n) is 4.55. The number of hydrogen-bond donors (Lipinski definition) is 0. The summed E-state index contributed by atoms with van der Waals surface area (Å²) in [5.74, 6) is 0.898. The zero-order chi connectivity index (χ0) is 10.7. The van der Waals surface area contributed by atoms with Gasteiger partial charge in [0.2, 0.25) is 0 Å². The lowest BCUT2D eigenvalue weighted by Crippen LogP contribution is -2.03. The highest BCUT2D eigenvalue weighted by atomic mass is 79.9. The van der Waals surface area contributed by atoms with Crippen LogP contribution in [0.15, 0.2) is 52.5 Å². The second-order valence-corrected chi connectivity index (χ2v) is 4.02. The van der Waals surface area contributed by atoms with Crippen molar-refractivity contribution < 1.29 is 0 Å². The monoisotopic (exact) mass is 263 g/mol. The molecule has 2 rings (SSSR count). The predicted molar refractivity (Wildman–Crippen MR) is 64.5 cm³/mol. The smallest absolute Gasteiger partial charge is 0.111 e. The zero-order valence-electron chi connectivity index (χ0n) is 8.26. The normalized spacial score (nSPS) is 11.7. The molecule has 3 nitrogen and oxygen atoms in total. The second kappa shape index (κ2) is 4.40. The van der Waals surface area contributed by atoms with E-state index in [1.807, 2.05) is 42.0 Å². The maximum absolute atomic E-state index is 4.46. The Morgan fingerprint density at radius 1 is 1.33 bits per heavy atom. The van der Waals surface area contributed by atoms with E-state index in [0.29, 0.717) is 0 Å². The lowest BCUT2D eigenvalue weighted by atomic mass is 10.3. The molecule has 0 saturated heterocycles. The van der Waals surface area contributed by atoms with Crippen molar-refractivity contribution in [3.8, 4) is 0 Å². The van der Waals surface area contributed by atoms with Gasteiger partial charge in [-0.05, 0) is 31.2 Å². The zero-order valence-corrected chi connectivity index (χ0v) is 9.85. The Hall–Kier alpha value is -1.42. The molecule has 0 N–H and O–H groups in total. The average Bonchev–Trinajstić information content (AvgIpc) is 2.74. The van der Waals surface area contributed by atoms with Crippen LogP contribution in [0.3, 0.4) is 0 Å². The number of aliphatic imine (C=N–C) groups is 1. The van der Waals surface area contributed by atoms with E-state index in [1.165, 1.54) is 0 Å². The van der Waals surface area contributed by atoms with E-state index in [1.54, 1.807) is 12.5 Å². The van der Waals surface area contributed by atoms with Gasteiger partial charge in [-0.1, -0.05) is 15.9 Å². The molecule has 0 atom stereocenters. The van der Waals surface area contributed by atoms with E-state index in [0.717, 1.165) is 16.0 Å². The number of rotatable bonds is 1. The van der Waals surface area contributed by atoms with Gasteiger partial charge in [0.15, 0.2) is 0 Å². The van der Waals surface area contributed by atoms with Gasteiger partial charge in [-0.15, -0.1) is 0 Å². The van der Waals surface area contributed by atoms with Crippen molar-refractivity contribution in [1.29, 1.82) is 0 Å². The number of hydrogen-bond acceptors (Lipinski definition) is 2. The van der Waals surface area contributed by atoms with Crippen LogP contribution >= 0.6 is 15.9 Å². The number of halogens is 1. The summed E-state index contributed by atoms with van der Waals surface area (Å²) in [6.07, 6.45) is 5.34. The minimum Gasteiger partial charge on any atom is -0.294 e. The van der Waals surface area contributed by atoms with Gasteiger partial charge in [0, 0.05) is 16.9 Å². The number of imidazole rings is 1. The highest BCUT2D eigenvalue weighted by Gasteiger charge is 1.95. The quantitative estimate of drug-likeness (QED) is 0.574. The van der Waals surface area contributed by atoms with Crippen molar-refractivity contribution >= 4 is 27.5 Å². The van der Waals surface area contributed by atoms with Crippen LogP contribution in [0.5, 0.6) is 0 Å². The average molecular weight is 264 g/mol. The van der Waals surface area contributed by atoms with E-state index in [9.17, 15) is 0 Å². The molecular formula is C11H10BrN3. The highest BCUT2D eigenvalue weighted by molar-refractivity contribution is 9.10. The Bertz CT molecular complexity index is 457. The molecule has 0 spiro atoms. The third-order valence-corrected chi connectivity index (χ3v) is 2.52. The largest absolute Gasteiger partial charge is 0.294 e. The van der Waals surface area contributed by atoms with Crippen LogP contribution in [0.4, 0.5) is 5.69 Å². The summed E-state index contributed by atoms with van der Waals surface area (Å²) in [5.41, 5.74) is 0.935. The summed E-state index contributed by atoms with van der Waals surface area (Å²) >= 11 is 3.39. The molecule has 1 aromatic carbocycles. The maximum Gasteiger partial charge on any atom is 0.111 e. The molecule has 15 heavy (non-hydrogen) atoms. The molecule has 0 aliphatic heterocycles. The molecule has 0 radical (unpaired) electrons. The Kier molecular flexibility index (Phi) is 2.97. The molecule has 4 heteroatoms. The molecule has 0 bridgehead atoms. The van der Waals surface area contributed by atoms with Gasteiger partial charge in [0.25, 0.3) is 0 Å². The fraction of sp³-hybridized carbons (Fsp3) is 0.0909. The van der Waals surface area contributed by atoms with Crippen molar-refractivity contribution in [2.24, 2.45) is 4.99 Å². The van der Waals surface area contributed by atoms with Crippen LogP contribution in [0.1, 0.15) is 6.92 Å². The third-order valence-electron chi connectivity index (χ3n) is 2.00. The Labute approximate surface area is 96.6 Å². The number of nitrogens with zero attached hydrogens (tertiary/aromatic N) is 3. The van der Waals surface area contributed by atoms with Crippen molar-refractivity contribution in [2.45, 2.75) is 6.92 Å². The highest BCUT2D eigenvalue weighted by Crippen LogP contribution is 2.17. The van der Waals surface area contributed by atoms with Gasteiger partial charge >= 0.3 is 0 Å². The SMILES string of the molecule is CC(=Nc1ccc(Br)cc1)n1ccnc1. The second-order valence-electron chi connectivity index (χ2n) is 3.11. The predicted octanol–water partition coefficient (Wildman–Crippen LogP) is 3.24. The fourth-order valence-electron chi connectivity index (χ4n) is 1.21. The van der Waals surface area contributed by atoms with Crippen molar-refractivity contribution in [2.75, 3.05) is 0 Å². The fourth-order valence-corrected chi connectivity index (χ4v) is 1.48. The van der Waals surface area contributed by atoms with Gasteiger partial charge < -0.3 is 0 Å².